The van der Waals surface area contributed by atoms with Gasteiger partial charge < -0.3 is 5.32 Å². The van der Waals surface area contributed by atoms with E-state index in [1.807, 2.05) is 0 Å². The standard InChI is InChI=1S/C12H18ClN3/c1-9-3-2-4-10(6-5-9)16-12-7-11(13)14-8-15-12/h7-10H,2-6H2,1H3,(H,14,15,16). The van der Waals surface area contributed by atoms with Gasteiger partial charge in [0.15, 0.2) is 0 Å². The fraction of sp³-hybridized carbons (Fsp3) is 0.667. The summed E-state index contributed by atoms with van der Waals surface area (Å²) in [5.74, 6) is 1.71. The first-order valence-corrected chi connectivity index (χ1v) is 6.36. The van der Waals surface area contributed by atoms with E-state index in [1.165, 1.54) is 38.4 Å². The van der Waals surface area contributed by atoms with Crippen molar-refractivity contribution in [3.8, 4) is 0 Å². The Labute approximate surface area is 102 Å². The molecule has 1 fully saturated rings. The summed E-state index contributed by atoms with van der Waals surface area (Å²) in [5, 5.41) is 3.95. The van der Waals surface area contributed by atoms with Crippen LogP contribution in [-0.4, -0.2) is 16.0 Å². The van der Waals surface area contributed by atoms with Crippen LogP contribution in [-0.2, 0) is 0 Å². The molecule has 2 atom stereocenters. The average Bonchev–Trinajstić information content (AvgIpc) is 2.44. The summed E-state index contributed by atoms with van der Waals surface area (Å²) in [6.07, 6.45) is 7.91. The monoisotopic (exact) mass is 239 g/mol. The summed E-state index contributed by atoms with van der Waals surface area (Å²) >= 11 is 5.83. The van der Waals surface area contributed by atoms with Crippen molar-refractivity contribution >= 4 is 17.4 Å². The van der Waals surface area contributed by atoms with Crippen LogP contribution in [0.25, 0.3) is 0 Å². The molecule has 4 heteroatoms. The molecule has 2 unspecified atom stereocenters. The summed E-state index contributed by atoms with van der Waals surface area (Å²) in [5.41, 5.74) is 0. The molecule has 1 aliphatic carbocycles. The highest BCUT2D eigenvalue weighted by Gasteiger charge is 2.16. The molecule has 1 aliphatic rings. The highest BCUT2D eigenvalue weighted by molar-refractivity contribution is 6.29. The molecule has 16 heavy (non-hydrogen) atoms. The molecule has 0 amide bonds. The quantitative estimate of drug-likeness (QED) is 0.634. The van der Waals surface area contributed by atoms with Crippen molar-refractivity contribution in [1.82, 2.24) is 9.97 Å². The number of anilines is 1. The molecule has 0 bridgehead atoms. The van der Waals surface area contributed by atoms with Gasteiger partial charge in [0.2, 0.25) is 0 Å². The van der Waals surface area contributed by atoms with Gasteiger partial charge >= 0.3 is 0 Å². The zero-order valence-corrected chi connectivity index (χ0v) is 10.4. The van der Waals surface area contributed by atoms with Crippen molar-refractivity contribution < 1.29 is 0 Å². The first-order chi connectivity index (χ1) is 7.74. The molecule has 2 rings (SSSR count). The zero-order valence-electron chi connectivity index (χ0n) is 9.62. The summed E-state index contributed by atoms with van der Waals surface area (Å²) in [6, 6.07) is 2.33. The minimum Gasteiger partial charge on any atom is -0.367 e. The van der Waals surface area contributed by atoms with Crippen LogP contribution in [0.1, 0.15) is 39.0 Å². The van der Waals surface area contributed by atoms with Crippen molar-refractivity contribution in [3.05, 3.63) is 17.5 Å². The minimum atomic E-state index is 0.500. The molecular weight excluding hydrogens is 222 g/mol. The van der Waals surface area contributed by atoms with Gasteiger partial charge in [-0.25, -0.2) is 9.97 Å². The first-order valence-electron chi connectivity index (χ1n) is 5.98. The lowest BCUT2D eigenvalue weighted by Gasteiger charge is -2.16. The van der Waals surface area contributed by atoms with Gasteiger partial charge in [0, 0.05) is 12.1 Å². The van der Waals surface area contributed by atoms with Crippen molar-refractivity contribution in [2.45, 2.75) is 45.1 Å². The predicted octanol–water partition coefficient (Wildman–Crippen LogP) is 3.51. The Bertz CT molecular complexity index is 343. The molecule has 1 aromatic rings. The van der Waals surface area contributed by atoms with Crippen LogP contribution in [0.3, 0.4) is 0 Å². The van der Waals surface area contributed by atoms with Gasteiger partial charge in [0.25, 0.3) is 0 Å². The number of hydrogen-bond acceptors (Lipinski definition) is 3. The third-order valence-corrected chi connectivity index (χ3v) is 3.45. The van der Waals surface area contributed by atoms with Gasteiger partial charge in [-0.3, -0.25) is 0 Å². The Hall–Kier alpha value is -0.830. The highest BCUT2D eigenvalue weighted by Crippen LogP contribution is 2.24. The van der Waals surface area contributed by atoms with Crippen molar-refractivity contribution in [3.63, 3.8) is 0 Å². The zero-order chi connectivity index (χ0) is 11.4. The van der Waals surface area contributed by atoms with Crippen molar-refractivity contribution in [1.29, 1.82) is 0 Å². The Balaban J connectivity index is 1.93. The van der Waals surface area contributed by atoms with Crippen molar-refractivity contribution in [2.24, 2.45) is 5.92 Å². The maximum absolute atomic E-state index is 5.83. The van der Waals surface area contributed by atoms with Crippen LogP contribution in [0.4, 0.5) is 5.82 Å². The molecule has 1 saturated carbocycles. The van der Waals surface area contributed by atoms with Gasteiger partial charge in [0.05, 0.1) is 0 Å². The maximum Gasteiger partial charge on any atom is 0.134 e. The van der Waals surface area contributed by atoms with E-state index in [2.05, 4.69) is 22.2 Å². The van der Waals surface area contributed by atoms with Gasteiger partial charge in [0.1, 0.15) is 17.3 Å². The van der Waals surface area contributed by atoms with Gasteiger partial charge in [-0.05, 0) is 25.2 Å². The number of rotatable bonds is 2. The lowest BCUT2D eigenvalue weighted by molar-refractivity contribution is 0.502. The smallest absolute Gasteiger partial charge is 0.134 e. The molecule has 0 spiro atoms. The molecule has 1 heterocycles. The van der Waals surface area contributed by atoms with E-state index >= 15 is 0 Å². The second kappa shape index (κ2) is 5.48. The van der Waals surface area contributed by atoms with E-state index in [-0.39, 0.29) is 0 Å². The maximum atomic E-state index is 5.83. The second-order valence-electron chi connectivity index (χ2n) is 4.68. The summed E-state index contributed by atoms with van der Waals surface area (Å²) < 4.78 is 0. The molecule has 0 aliphatic heterocycles. The normalized spacial score (nSPS) is 26.1. The molecule has 1 aromatic heterocycles. The van der Waals surface area contributed by atoms with E-state index in [9.17, 15) is 0 Å². The fourth-order valence-electron chi connectivity index (χ4n) is 2.25. The van der Waals surface area contributed by atoms with E-state index in [0.717, 1.165) is 11.7 Å². The van der Waals surface area contributed by atoms with Crippen LogP contribution in [0.2, 0.25) is 5.15 Å². The van der Waals surface area contributed by atoms with E-state index in [4.69, 9.17) is 11.6 Å². The number of halogens is 1. The lowest BCUT2D eigenvalue weighted by atomic mass is 10.0. The Morgan fingerprint density at radius 3 is 2.94 bits per heavy atom. The minimum absolute atomic E-state index is 0.500. The number of nitrogens with zero attached hydrogens (tertiary/aromatic N) is 2. The second-order valence-corrected chi connectivity index (χ2v) is 5.07. The number of hydrogen-bond donors (Lipinski definition) is 1. The third-order valence-electron chi connectivity index (χ3n) is 3.24. The fourth-order valence-corrected chi connectivity index (χ4v) is 2.40. The molecule has 1 N–H and O–H groups in total. The predicted molar refractivity (Wildman–Crippen MR) is 66.7 cm³/mol. The lowest BCUT2D eigenvalue weighted by Crippen LogP contribution is -2.19. The van der Waals surface area contributed by atoms with Crippen LogP contribution < -0.4 is 5.32 Å². The molecular formula is C12H18ClN3. The molecule has 0 aromatic carbocycles. The summed E-state index contributed by atoms with van der Waals surface area (Å²) in [4.78, 5) is 8.05. The molecule has 3 nitrogen and oxygen atoms in total. The summed E-state index contributed by atoms with van der Waals surface area (Å²) in [7, 11) is 0. The molecule has 88 valence electrons. The Morgan fingerprint density at radius 1 is 1.25 bits per heavy atom. The van der Waals surface area contributed by atoms with Gasteiger partial charge in [-0.2, -0.15) is 0 Å². The van der Waals surface area contributed by atoms with Crippen LogP contribution in [0, 0.1) is 5.92 Å². The van der Waals surface area contributed by atoms with Gasteiger partial charge in [-0.1, -0.05) is 31.4 Å². The SMILES string of the molecule is CC1CCCC(Nc2cc(Cl)ncn2)CC1. The number of nitrogens with one attached hydrogen (secondary N) is 1. The van der Waals surface area contributed by atoms with E-state index in [0.29, 0.717) is 11.2 Å². The Morgan fingerprint density at radius 2 is 2.12 bits per heavy atom. The van der Waals surface area contributed by atoms with Gasteiger partial charge in [-0.15, -0.1) is 0 Å². The molecule has 0 saturated heterocycles. The van der Waals surface area contributed by atoms with Crippen LogP contribution in [0.5, 0.6) is 0 Å². The first kappa shape index (κ1) is 11.6. The van der Waals surface area contributed by atoms with Crippen LogP contribution >= 0.6 is 11.6 Å². The number of aromatic nitrogens is 2. The highest BCUT2D eigenvalue weighted by atomic mass is 35.5. The van der Waals surface area contributed by atoms with Crippen molar-refractivity contribution in [2.75, 3.05) is 5.32 Å². The van der Waals surface area contributed by atoms with Crippen LogP contribution in [0.15, 0.2) is 12.4 Å². The van der Waals surface area contributed by atoms with E-state index in [1.54, 1.807) is 6.07 Å². The average molecular weight is 240 g/mol. The summed E-state index contributed by atoms with van der Waals surface area (Å²) in [6.45, 7) is 2.34. The van der Waals surface area contributed by atoms with E-state index < -0.39 is 0 Å². The third kappa shape index (κ3) is 3.34. The Kier molecular flexibility index (Phi) is 3.99. The molecule has 0 radical (unpaired) electrons. The topological polar surface area (TPSA) is 37.8 Å². The largest absolute Gasteiger partial charge is 0.367 e.